The van der Waals surface area contributed by atoms with Gasteiger partial charge in [-0.1, -0.05) is 59.8 Å². The molecule has 0 radical (unpaired) electrons. The Morgan fingerprint density at radius 2 is 1.93 bits per heavy atom. The molecule has 0 aromatic carbocycles. The summed E-state index contributed by atoms with van der Waals surface area (Å²) < 4.78 is 6.04. The number of aliphatic hydroxyl groups is 1. The number of rotatable bonds is 6. The first-order chi connectivity index (χ1) is 13.8. The Morgan fingerprint density at radius 1 is 1.21 bits per heavy atom. The van der Waals surface area contributed by atoms with Crippen molar-refractivity contribution < 1.29 is 19.7 Å². The molecule has 0 unspecified atom stereocenters. The van der Waals surface area contributed by atoms with E-state index in [0.29, 0.717) is 11.8 Å². The minimum absolute atomic E-state index is 0.00302. The Kier molecular flexibility index (Phi) is 6.45. The third kappa shape index (κ3) is 4.39. The molecule has 0 bridgehead atoms. The summed E-state index contributed by atoms with van der Waals surface area (Å²) in [5.41, 5.74) is 2.45. The average molecular weight is 397 g/mol. The van der Waals surface area contributed by atoms with Crippen molar-refractivity contribution in [2.24, 2.45) is 17.8 Å². The number of hydrogen-bond acceptors (Lipinski definition) is 3. The van der Waals surface area contributed by atoms with Gasteiger partial charge in [-0.2, -0.15) is 0 Å². The van der Waals surface area contributed by atoms with Gasteiger partial charge in [0, 0.05) is 12.0 Å². The van der Waals surface area contributed by atoms with E-state index < -0.39 is 11.6 Å². The van der Waals surface area contributed by atoms with Crippen molar-refractivity contribution in [3.05, 3.63) is 71.4 Å². The van der Waals surface area contributed by atoms with E-state index in [2.05, 4.69) is 19.1 Å². The van der Waals surface area contributed by atoms with Crippen LogP contribution in [0, 0.1) is 17.8 Å². The molecular weight excluding hydrogens is 364 g/mol. The summed E-state index contributed by atoms with van der Waals surface area (Å²) in [6.45, 7) is 8.13. The van der Waals surface area contributed by atoms with Crippen molar-refractivity contribution in [2.45, 2.75) is 58.3 Å². The number of epoxide rings is 1. The Bertz CT molecular complexity index is 826. The summed E-state index contributed by atoms with van der Waals surface area (Å²) in [5, 5.41) is 20.4. The fraction of sp³-hybridized carbons (Fsp3) is 0.480. The van der Waals surface area contributed by atoms with Crippen molar-refractivity contribution in [2.75, 3.05) is 0 Å². The van der Waals surface area contributed by atoms with E-state index in [1.54, 1.807) is 6.08 Å². The number of carbonyl (C=O) groups is 1. The van der Waals surface area contributed by atoms with Crippen molar-refractivity contribution in [3.63, 3.8) is 0 Å². The molecule has 1 saturated carbocycles. The normalized spacial score (nSPS) is 37.7. The highest BCUT2D eigenvalue weighted by atomic mass is 16.6. The van der Waals surface area contributed by atoms with Gasteiger partial charge in [0.25, 0.3) is 0 Å². The van der Waals surface area contributed by atoms with Crippen LogP contribution >= 0.6 is 0 Å². The van der Waals surface area contributed by atoms with Crippen LogP contribution in [-0.4, -0.2) is 34.0 Å². The molecule has 4 nitrogen and oxygen atoms in total. The first-order valence-electron chi connectivity index (χ1n) is 10.4. The van der Waals surface area contributed by atoms with Crippen LogP contribution < -0.4 is 0 Å². The van der Waals surface area contributed by atoms with Crippen molar-refractivity contribution >= 4 is 5.97 Å². The Hall–Kier alpha value is -2.17. The lowest BCUT2D eigenvalue weighted by Gasteiger charge is -2.47. The molecule has 1 heterocycles. The molecule has 6 atom stereocenters. The van der Waals surface area contributed by atoms with Gasteiger partial charge in [-0.15, -0.1) is 0 Å². The molecule has 3 aliphatic rings. The lowest BCUT2D eigenvalue weighted by atomic mass is 9.58. The number of hydrogen-bond donors (Lipinski definition) is 2. The van der Waals surface area contributed by atoms with Crippen LogP contribution in [0.1, 0.15) is 40.5 Å². The molecule has 0 amide bonds. The molecule has 2 N–H and O–H groups in total. The van der Waals surface area contributed by atoms with Crippen LogP contribution in [0.4, 0.5) is 0 Å². The first-order valence-corrected chi connectivity index (χ1v) is 10.4. The maximum atomic E-state index is 11.7. The summed E-state index contributed by atoms with van der Waals surface area (Å²) in [5.74, 6) is -0.132. The standard InChI is InChI=1S/C25H32O4/c1-5-18(4)25(28)21(11-8-10-16(2)9-6-7-12-22(26)27)19-14-13-17(3)15-20(19)23-24(25)29-23/h5-13,19-21,23-24,28H,14-15H2,1-4H3,(H,26,27)/b9-6+,11-8+,12-7+,16-10+,18-5+/t19-,20-,21-,23+,24+,25-/m1/s1. The van der Waals surface area contributed by atoms with E-state index in [1.165, 1.54) is 11.6 Å². The van der Waals surface area contributed by atoms with Gasteiger partial charge in [0.15, 0.2) is 0 Å². The van der Waals surface area contributed by atoms with E-state index >= 15 is 0 Å². The van der Waals surface area contributed by atoms with Crippen LogP contribution in [0.5, 0.6) is 0 Å². The molecule has 1 aliphatic heterocycles. The highest BCUT2D eigenvalue weighted by Gasteiger charge is 2.67. The summed E-state index contributed by atoms with van der Waals surface area (Å²) in [4.78, 5) is 10.5. The maximum Gasteiger partial charge on any atom is 0.328 e. The van der Waals surface area contributed by atoms with Crippen LogP contribution in [0.15, 0.2) is 71.4 Å². The molecular formula is C25H32O4. The predicted molar refractivity (Wildman–Crippen MR) is 115 cm³/mol. The van der Waals surface area contributed by atoms with Gasteiger partial charge in [-0.25, -0.2) is 4.79 Å². The van der Waals surface area contributed by atoms with Gasteiger partial charge in [0.05, 0.1) is 6.10 Å². The zero-order valence-corrected chi connectivity index (χ0v) is 17.7. The number of carboxylic acid groups (broad SMARTS) is 1. The zero-order chi connectivity index (χ0) is 21.2. The Labute approximate surface area is 173 Å². The molecule has 0 aromatic heterocycles. The second-order valence-corrected chi connectivity index (χ2v) is 8.51. The van der Waals surface area contributed by atoms with Gasteiger partial charge >= 0.3 is 5.97 Å². The van der Waals surface area contributed by atoms with Crippen LogP contribution in [-0.2, 0) is 9.53 Å². The summed E-state index contributed by atoms with van der Waals surface area (Å²) >= 11 is 0. The quantitative estimate of drug-likeness (QED) is 0.294. The second-order valence-electron chi connectivity index (χ2n) is 8.51. The van der Waals surface area contributed by atoms with Crippen LogP contribution in [0.2, 0.25) is 0 Å². The van der Waals surface area contributed by atoms with Gasteiger partial charge in [0.1, 0.15) is 11.7 Å². The SMILES string of the molecule is C/C=C(\C)[C@@]1(O)[C@H](/C=C/C=C(C)/C=C/C=C/C(=O)O)[C@@H]2CC=C(C)C[C@H]2[C@@H]2O[C@@H]21. The molecule has 29 heavy (non-hydrogen) atoms. The second kappa shape index (κ2) is 8.68. The van der Waals surface area contributed by atoms with Crippen LogP contribution in [0.3, 0.4) is 0 Å². The van der Waals surface area contributed by atoms with E-state index in [9.17, 15) is 9.90 Å². The van der Waals surface area contributed by atoms with E-state index in [-0.39, 0.29) is 18.1 Å². The molecule has 4 heteroatoms. The Morgan fingerprint density at radius 3 is 2.62 bits per heavy atom. The summed E-state index contributed by atoms with van der Waals surface area (Å²) in [6.07, 6.45) is 18.7. The molecule has 0 spiro atoms. The van der Waals surface area contributed by atoms with E-state index in [0.717, 1.165) is 30.1 Å². The van der Waals surface area contributed by atoms with Crippen molar-refractivity contribution in [3.8, 4) is 0 Å². The van der Waals surface area contributed by atoms with Crippen molar-refractivity contribution in [1.82, 2.24) is 0 Å². The largest absolute Gasteiger partial charge is 0.478 e. The highest BCUT2D eigenvalue weighted by Crippen LogP contribution is 2.58. The van der Waals surface area contributed by atoms with Gasteiger partial charge in [-0.05, 0) is 57.9 Å². The Balaban J connectivity index is 1.84. The summed E-state index contributed by atoms with van der Waals surface area (Å²) in [6, 6.07) is 0. The predicted octanol–water partition coefficient (Wildman–Crippen LogP) is 4.75. The smallest absolute Gasteiger partial charge is 0.328 e. The number of ether oxygens (including phenoxy) is 1. The molecule has 2 fully saturated rings. The highest BCUT2D eigenvalue weighted by molar-refractivity contribution is 5.80. The fourth-order valence-corrected chi connectivity index (χ4v) is 4.95. The molecule has 156 valence electrons. The van der Waals surface area contributed by atoms with Gasteiger partial charge in [-0.3, -0.25) is 0 Å². The number of carboxylic acids is 1. The van der Waals surface area contributed by atoms with E-state index in [4.69, 9.17) is 9.84 Å². The summed E-state index contributed by atoms with van der Waals surface area (Å²) in [7, 11) is 0. The minimum Gasteiger partial charge on any atom is -0.478 e. The lowest BCUT2D eigenvalue weighted by molar-refractivity contribution is -0.131. The number of fused-ring (bicyclic) bond motifs is 3. The number of allylic oxidation sites excluding steroid dienone is 9. The lowest BCUT2D eigenvalue weighted by Crippen LogP contribution is -2.54. The molecule has 0 aromatic rings. The zero-order valence-electron chi connectivity index (χ0n) is 17.7. The molecule has 1 saturated heterocycles. The third-order valence-electron chi connectivity index (χ3n) is 6.65. The van der Waals surface area contributed by atoms with Crippen LogP contribution in [0.25, 0.3) is 0 Å². The average Bonchev–Trinajstić information content (AvgIpc) is 3.49. The molecule has 3 rings (SSSR count). The fourth-order valence-electron chi connectivity index (χ4n) is 4.95. The topological polar surface area (TPSA) is 70.1 Å². The van der Waals surface area contributed by atoms with Crippen molar-refractivity contribution in [1.29, 1.82) is 0 Å². The maximum absolute atomic E-state index is 11.7. The first kappa shape index (κ1) is 21.5. The van der Waals surface area contributed by atoms with Gasteiger partial charge in [0.2, 0.25) is 0 Å². The monoisotopic (exact) mass is 396 g/mol. The third-order valence-corrected chi connectivity index (χ3v) is 6.65. The molecule has 2 aliphatic carbocycles. The number of aliphatic carboxylic acids is 1. The van der Waals surface area contributed by atoms with E-state index in [1.807, 2.05) is 45.1 Å². The minimum atomic E-state index is -0.960. The van der Waals surface area contributed by atoms with Gasteiger partial charge < -0.3 is 14.9 Å².